The third-order valence-electron chi connectivity index (χ3n) is 4.17. The predicted octanol–water partition coefficient (Wildman–Crippen LogP) is 0.932. The summed E-state index contributed by atoms with van der Waals surface area (Å²) in [6, 6.07) is 0. The van der Waals surface area contributed by atoms with E-state index in [0.29, 0.717) is 25.0 Å². The zero-order chi connectivity index (χ0) is 18.2. The van der Waals surface area contributed by atoms with Crippen molar-refractivity contribution in [2.24, 2.45) is 16.3 Å². The average molecular weight is 363 g/mol. The number of aliphatic imine (C=N–C) groups is 1. The van der Waals surface area contributed by atoms with E-state index in [0.717, 1.165) is 26.0 Å². The highest BCUT2D eigenvalue weighted by atomic mass is 32.2. The maximum atomic E-state index is 11.4. The van der Waals surface area contributed by atoms with Crippen LogP contribution in [-0.2, 0) is 14.8 Å². The van der Waals surface area contributed by atoms with Crippen LogP contribution in [0.15, 0.2) is 4.99 Å². The molecule has 1 aliphatic rings. The van der Waals surface area contributed by atoms with Crippen molar-refractivity contribution in [2.75, 3.05) is 39.0 Å². The molecule has 1 rings (SSSR count). The Bertz CT molecular complexity index is 500. The van der Waals surface area contributed by atoms with E-state index < -0.39 is 10.0 Å². The van der Waals surface area contributed by atoms with Crippen LogP contribution in [0.2, 0.25) is 0 Å². The first-order valence-corrected chi connectivity index (χ1v) is 10.4. The third kappa shape index (κ3) is 7.36. The minimum atomic E-state index is -3.14. The Morgan fingerprint density at radius 2 is 1.96 bits per heavy atom. The Balaban J connectivity index is 2.40. The number of nitrogens with one attached hydrogen (secondary N) is 3. The SMILES string of the molecule is CCS(=O)(=O)NCCNC(=NC)NCC1CCCOC1C(C)(C)C. The minimum absolute atomic E-state index is 0.0931. The molecule has 1 saturated heterocycles. The van der Waals surface area contributed by atoms with Crippen LogP contribution in [0, 0.1) is 11.3 Å². The van der Waals surface area contributed by atoms with Crippen LogP contribution in [0.25, 0.3) is 0 Å². The molecule has 0 aromatic rings. The Morgan fingerprint density at radius 3 is 2.54 bits per heavy atom. The van der Waals surface area contributed by atoms with Gasteiger partial charge in [-0.2, -0.15) is 0 Å². The molecular weight excluding hydrogens is 328 g/mol. The molecule has 0 aromatic carbocycles. The highest BCUT2D eigenvalue weighted by molar-refractivity contribution is 7.89. The summed E-state index contributed by atoms with van der Waals surface area (Å²) in [5.41, 5.74) is 0.113. The van der Waals surface area contributed by atoms with E-state index in [-0.39, 0.29) is 17.3 Å². The number of rotatable bonds is 7. The molecule has 0 bridgehead atoms. The van der Waals surface area contributed by atoms with E-state index in [9.17, 15) is 8.42 Å². The number of hydrogen-bond donors (Lipinski definition) is 3. The zero-order valence-corrected chi connectivity index (χ0v) is 16.5. The molecule has 8 heteroatoms. The van der Waals surface area contributed by atoms with E-state index in [1.807, 2.05) is 0 Å². The second-order valence-corrected chi connectivity index (χ2v) is 9.33. The fourth-order valence-corrected chi connectivity index (χ4v) is 3.56. The summed E-state index contributed by atoms with van der Waals surface area (Å²) in [5, 5.41) is 6.46. The van der Waals surface area contributed by atoms with Crippen LogP contribution in [0.3, 0.4) is 0 Å². The Labute approximate surface area is 147 Å². The van der Waals surface area contributed by atoms with Crippen molar-refractivity contribution >= 4 is 16.0 Å². The molecule has 0 amide bonds. The quantitative estimate of drug-likeness (QED) is 0.356. The molecule has 0 radical (unpaired) electrons. The maximum Gasteiger partial charge on any atom is 0.211 e. The molecule has 0 saturated carbocycles. The molecule has 2 unspecified atom stereocenters. The van der Waals surface area contributed by atoms with Gasteiger partial charge in [0.2, 0.25) is 10.0 Å². The minimum Gasteiger partial charge on any atom is -0.377 e. The maximum absolute atomic E-state index is 11.4. The lowest BCUT2D eigenvalue weighted by Crippen LogP contribution is -2.48. The second kappa shape index (κ2) is 9.58. The summed E-state index contributed by atoms with van der Waals surface area (Å²) in [6.45, 7) is 10.7. The lowest BCUT2D eigenvalue weighted by molar-refractivity contribution is -0.0835. The number of ether oxygens (including phenoxy) is 1. The fraction of sp³-hybridized carbons (Fsp3) is 0.938. The molecular formula is C16H34N4O3S. The lowest BCUT2D eigenvalue weighted by atomic mass is 9.78. The molecule has 0 spiro atoms. The van der Waals surface area contributed by atoms with Gasteiger partial charge >= 0.3 is 0 Å². The van der Waals surface area contributed by atoms with Gasteiger partial charge in [0, 0.05) is 39.2 Å². The van der Waals surface area contributed by atoms with Crippen molar-refractivity contribution in [1.82, 2.24) is 15.4 Å². The van der Waals surface area contributed by atoms with E-state index in [2.05, 4.69) is 41.1 Å². The highest BCUT2D eigenvalue weighted by Gasteiger charge is 2.35. The summed E-state index contributed by atoms with van der Waals surface area (Å²) in [7, 11) is -1.43. The van der Waals surface area contributed by atoms with Crippen molar-refractivity contribution in [3.8, 4) is 0 Å². The Hall–Kier alpha value is -0.860. The highest BCUT2D eigenvalue weighted by Crippen LogP contribution is 2.33. The molecule has 3 N–H and O–H groups in total. The van der Waals surface area contributed by atoms with Crippen LogP contribution < -0.4 is 15.4 Å². The number of sulfonamides is 1. The molecule has 1 aliphatic heterocycles. The second-order valence-electron chi connectivity index (χ2n) is 7.24. The van der Waals surface area contributed by atoms with Gasteiger partial charge in [-0.1, -0.05) is 20.8 Å². The Kier molecular flexibility index (Phi) is 8.45. The van der Waals surface area contributed by atoms with Gasteiger partial charge in [-0.15, -0.1) is 0 Å². The summed E-state index contributed by atoms with van der Waals surface area (Å²) in [4.78, 5) is 4.19. The molecule has 1 fully saturated rings. The lowest BCUT2D eigenvalue weighted by Gasteiger charge is -2.40. The number of nitrogens with zero attached hydrogens (tertiary/aromatic N) is 1. The van der Waals surface area contributed by atoms with Crippen LogP contribution in [0.5, 0.6) is 0 Å². The van der Waals surface area contributed by atoms with Gasteiger partial charge < -0.3 is 15.4 Å². The molecule has 0 aromatic heterocycles. The van der Waals surface area contributed by atoms with Crippen LogP contribution in [0.4, 0.5) is 0 Å². The number of guanidine groups is 1. The molecule has 1 heterocycles. The van der Waals surface area contributed by atoms with Crippen molar-refractivity contribution in [1.29, 1.82) is 0 Å². The van der Waals surface area contributed by atoms with Gasteiger partial charge in [-0.3, -0.25) is 4.99 Å². The van der Waals surface area contributed by atoms with Crippen molar-refractivity contribution < 1.29 is 13.2 Å². The topological polar surface area (TPSA) is 91.8 Å². The predicted molar refractivity (Wildman–Crippen MR) is 98.7 cm³/mol. The van der Waals surface area contributed by atoms with Crippen LogP contribution in [-0.4, -0.2) is 59.5 Å². The largest absolute Gasteiger partial charge is 0.377 e. The first kappa shape index (κ1) is 21.2. The van der Waals surface area contributed by atoms with E-state index in [1.165, 1.54) is 0 Å². The van der Waals surface area contributed by atoms with Gasteiger partial charge in [-0.05, 0) is 25.2 Å². The molecule has 142 valence electrons. The smallest absolute Gasteiger partial charge is 0.211 e. The summed E-state index contributed by atoms with van der Waals surface area (Å²) in [5.74, 6) is 1.22. The number of hydrogen-bond acceptors (Lipinski definition) is 4. The van der Waals surface area contributed by atoms with E-state index >= 15 is 0 Å². The molecule has 2 atom stereocenters. The van der Waals surface area contributed by atoms with Crippen molar-refractivity contribution in [2.45, 2.75) is 46.6 Å². The summed E-state index contributed by atoms with van der Waals surface area (Å²) < 4.78 is 31.3. The normalized spacial score (nSPS) is 23.1. The van der Waals surface area contributed by atoms with Gasteiger partial charge in [0.1, 0.15) is 0 Å². The first-order valence-electron chi connectivity index (χ1n) is 8.73. The first-order chi connectivity index (χ1) is 11.2. The summed E-state index contributed by atoms with van der Waals surface area (Å²) in [6.07, 6.45) is 2.46. The average Bonchev–Trinajstić information content (AvgIpc) is 2.53. The van der Waals surface area contributed by atoms with Crippen LogP contribution >= 0.6 is 0 Å². The molecule has 24 heavy (non-hydrogen) atoms. The molecule has 7 nitrogen and oxygen atoms in total. The standard InChI is InChI=1S/C16H34N4O3S/c1-6-24(21,22)20-10-9-18-15(17-5)19-12-13-8-7-11-23-14(13)16(2,3)4/h13-14,20H,6-12H2,1-5H3,(H2,17,18,19). The van der Waals surface area contributed by atoms with Crippen LogP contribution in [0.1, 0.15) is 40.5 Å². The fourth-order valence-electron chi connectivity index (χ4n) is 2.95. The van der Waals surface area contributed by atoms with Gasteiger partial charge in [0.15, 0.2) is 5.96 Å². The van der Waals surface area contributed by atoms with Crippen molar-refractivity contribution in [3.05, 3.63) is 0 Å². The monoisotopic (exact) mass is 362 g/mol. The molecule has 0 aliphatic carbocycles. The third-order valence-corrected chi connectivity index (χ3v) is 5.58. The van der Waals surface area contributed by atoms with E-state index in [1.54, 1.807) is 14.0 Å². The van der Waals surface area contributed by atoms with Gasteiger partial charge in [-0.25, -0.2) is 13.1 Å². The summed E-state index contributed by atoms with van der Waals surface area (Å²) >= 11 is 0. The van der Waals surface area contributed by atoms with Gasteiger partial charge in [0.25, 0.3) is 0 Å². The van der Waals surface area contributed by atoms with E-state index in [4.69, 9.17) is 4.74 Å². The van der Waals surface area contributed by atoms with Gasteiger partial charge in [0.05, 0.1) is 11.9 Å². The Morgan fingerprint density at radius 1 is 1.25 bits per heavy atom. The zero-order valence-electron chi connectivity index (χ0n) is 15.7. The van der Waals surface area contributed by atoms with Crippen molar-refractivity contribution in [3.63, 3.8) is 0 Å².